The number of sulfonamides is 1. The number of nitrogens with one attached hydrogen (secondary N) is 3. The molecule has 488 valence electrons. The minimum absolute atomic E-state index is 0.0239. The molecule has 7 atom stereocenters. The number of methoxy groups -OCH3 is 1. The van der Waals surface area contributed by atoms with E-state index in [-0.39, 0.29) is 71.8 Å². The van der Waals surface area contributed by atoms with Crippen molar-refractivity contribution in [2.75, 3.05) is 113 Å². The first kappa shape index (κ1) is 60.7. The highest BCUT2D eigenvalue weighted by molar-refractivity contribution is 7.90. The highest BCUT2D eigenvalue weighted by atomic mass is 32.2. The maximum atomic E-state index is 15.0. The van der Waals surface area contributed by atoms with Crippen molar-refractivity contribution in [3.8, 4) is 23.1 Å². The van der Waals surface area contributed by atoms with Crippen LogP contribution in [0.1, 0.15) is 112 Å². The van der Waals surface area contributed by atoms with E-state index in [4.69, 9.17) is 43.1 Å². The number of amides is 1. The third kappa shape index (κ3) is 11.4. The quantitative estimate of drug-likeness (QED) is 0.0641. The fourth-order valence-electron chi connectivity index (χ4n) is 16.4. The van der Waals surface area contributed by atoms with Crippen LogP contribution in [-0.2, 0) is 24.2 Å². The van der Waals surface area contributed by atoms with Crippen LogP contribution in [0.5, 0.6) is 23.1 Å². The molecule has 3 N–H and O–H groups in total. The van der Waals surface area contributed by atoms with Crippen molar-refractivity contribution in [3.05, 3.63) is 112 Å². The molecule has 0 unspecified atom stereocenters. The lowest BCUT2D eigenvalue weighted by atomic mass is 9.59. The second kappa shape index (κ2) is 24.8. The molecule has 15 rings (SSSR count). The van der Waals surface area contributed by atoms with Crippen LogP contribution >= 0.6 is 0 Å². The number of nitro benzene ring substituents is 1. The minimum atomic E-state index is -4.73. The Bertz CT molecular complexity index is 3870. The van der Waals surface area contributed by atoms with Gasteiger partial charge in [-0.2, -0.15) is 4.98 Å². The van der Waals surface area contributed by atoms with Crippen LogP contribution < -0.4 is 43.7 Å². The Kier molecular flexibility index (Phi) is 16.4. The van der Waals surface area contributed by atoms with Gasteiger partial charge in [-0.3, -0.25) is 24.7 Å². The number of ether oxygens (including phenoxy) is 7. The van der Waals surface area contributed by atoms with Crippen molar-refractivity contribution in [1.82, 2.24) is 29.5 Å². The van der Waals surface area contributed by atoms with Gasteiger partial charge in [0, 0.05) is 118 Å². The van der Waals surface area contributed by atoms with Crippen molar-refractivity contribution in [1.29, 1.82) is 0 Å². The van der Waals surface area contributed by atoms with E-state index < -0.39 is 37.5 Å². The number of fused-ring (bicyclic) bond motifs is 4. The minimum Gasteiger partial charge on any atom is -0.493 e. The van der Waals surface area contributed by atoms with E-state index >= 15 is 4.79 Å². The van der Waals surface area contributed by atoms with E-state index in [0.717, 1.165) is 125 Å². The molecule has 0 radical (unpaired) electrons. The van der Waals surface area contributed by atoms with Crippen LogP contribution in [0.15, 0.2) is 90.1 Å². The van der Waals surface area contributed by atoms with Gasteiger partial charge >= 0.3 is 0 Å². The number of nitro groups is 1. The summed E-state index contributed by atoms with van der Waals surface area (Å²) in [5.41, 5.74) is 5.03. The molecule has 6 aromatic rings. The third-order valence-electron chi connectivity index (χ3n) is 21.4. The Morgan fingerprint density at radius 3 is 2.46 bits per heavy atom. The summed E-state index contributed by atoms with van der Waals surface area (Å²) in [7, 11) is -2.98. The summed E-state index contributed by atoms with van der Waals surface area (Å²) in [5.74, 6) is 2.66. The van der Waals surface area contributed by atoms with Crippen molar-refractivity contribution in [2.45, 2.75) is 138 Å². The molecule has 2 saturated carbocycles. The Labute approximate surface area is 536 Å². The lowest BCUT2D eigenvalue weighted by Crippen LogP contribution is -2.62. The topological polar surface area (TPSA) is 241 Å². The fourth-order valence-corrected chi connectivity index (χ4v) is 17.4. The standard InChI is InChI=1S/C68H83N11O12S/c1-41(2)90-59-8-6-5-7-50(59)58-37-75(53-12-11-49(53)45-30-61(85-4)65(70-36-45)76-24-28-88-38-42(76)3)22-23-77(58)47-34-68(35-47)17-20-74(21-18-68)46-9-10-51(55(31-46)78-54-16-27-87-40-62(54)91-67-57(78)29-44-13-19-69-64(44)72-67)66(80)73-92(83,84)48-32-56(79(81)82)63-60(33-48)89-39-52(71-63)43-14-25-86-26-15-43/h5-10,13,19,29-33,36,41-43,47,49,52-54,58,62,71H,11-12,14-18,20-28,34-35,37-40H2,1-4H3,(H,69,72)(H,73,80)/t42-,49+,52-,53+,54-,58-,62-/m0/s1. The zero-order chi connectivity index (χ0) is 63.0. The molecule has 3 aromatic heterocycles. The first-order valence-corrected chi connectivity index (χ1v) is 34.6. The smallest absolute Gasteiger partial charge is 0.297 e. The van der Waals surface area contributed by atoms with Gasteiger partial charge in [-0.1, -0.05) is 18.2 Å². The van der Waals surface area contributed by atoms with E-state index in [9.17, 15) is 18.5 Å². The summed E-state index contributed by atoms with van der Waals surface area (Å²) in [6, 6.07) is 23.3. The van der Waals surface area contributed by atoms with Crippen LogP contribution in [0.25, 0.3) is 11.0 Å². The van der Waals surface area contributed by atoms with Crippen LogP contribution in [0.3, 0.4) is 0 Å². The van der Waals surface area contributed by atoms with Crippen molar-refractivity contribution >= 4 is 61.2 Å². The van der Waals surface area contributed by atoms with Crippen LogP contribution in [0.2, 0.25) is 0 Å². The van der Waals surface area contributed by atoms with Crippen molar-refractivity contribution < 1.29 is 51.3 Å². The SMILES string of the molecule is COc1cc([C@H]2CC[C@H]2N2CCN(C3CC4(CCN(c5ccc(C(=O)NS(=O)(=O)c6cc7c(c([N+](=O)[O-])c6)N[C@H](C6CCOCC6)CO7)c(N6c7cc8cc[nH]c8nc7O[C@H]7COCC[C@@H]76)c5)CC4)C3)[C@H](c3ccccc3OC(C)C)C2)cnc1N1CCOC[C@@H]1C. The summed E-state index contributed by atoms with van der Waals surface area (Å²) in [6.45, 7) is 15.0. The Balaban J connectivity index is 0.684. The van der Waals surface area contributed by atoms with Crippen LogP contribution in [0.4, 0.5) is 34.3 Å². The van der Waals surface area contributed by atoms with Gasteiger partial charge in [-0.15, -0.1) is 0 Å². The summed E-state index contributed by atoms with van der Waals surface area (Å²) in [6.07, 6.45) is 12.0. The summed E-state index contributed by atoms with van der Waals surface area (Å²) in [5, 5.41) is 16.8. The molecule has 9 aliphatic rings. The Hall–Kier alpha value is -7.48. The number of morpholine rings is 1. The van der Waals surface area contributed by atoms with E-state index in [0.29, 0.717) is 80.4 Å². The molecule has 92 heavy (non-hydrogen) atoms. The van der Waals surface area contributed by atoms with Gasteiger partial charge < -0.3 is 58.2 Å². The summed E-state index contributed by atoms with van der Waals surface area (Å²) >= 11 is 0. The van der Waals surface area contributed by atoms with Gasteiger partial charge in [0.25, 0.3) is 21.6 Å². The molecule has 1 spiro atoms. The van der Waals surface area contributed by atoms with Crippen LogP contribution in [-0.4, -0.2) is 179 Å². The number of nitrogens with zero attached hydrogens (tertiary/aromatic N) is 8. The number of benzene rings is 3. The second-order valence-corrected chi connectivity index (χ2v) is 28.8. The molecule has 10 heterocycles. The maximum Gasteiger partial charge on any atom is 0.297 e. The highest BCUT2D eigenvalue weighted by Gasteiger charge is 2.52. The van der Waals surface area contributed by atoms with E-state index in [1.807, 2.05) is 30.5 Å². The zero-order valence-corrected chi connectivity index (χ0v) is 53.6. The molecule has 3 aromatic carbocycles. The normalized spacial score (nSPS) is 26.1. The van der Waals surface area contributed by atoms with Crippen molar-refractivity contribution in [3.63, 3.8) is 0 Å². The van der Waals surface area contributed by atoms with Gasteiger partial charge in [0.2, 0.25) is 5.88 Å². The van der Waals surface area contributed by atoms with E-state index in [2.05, 4.69) is 96.8 Å². The summed E-state index contributed by atoms with van der Waals surface area (Å²) in [4.78, 5) is 52.1. The third-order valence-corrected chi connectivity index (χ3v) is 22.7. The molecule has 7 aliphatic heterocycles. The lowest BCUT2D eigenvalue weighted by Gasteiger charge is -2.59. The van der Waals surface area contributed by atoms with Gasteiger partial charge in [-0.05, 0) is 138 Å². The number of hydrogen-bond acceptors (Lipinski definition) is 20. The van der Waals surface area contributed by atoms with Gasteiger partial charge in [0.15, 0.2) is 23.0 Å². The number of hydrogen-bond donors (Lipinski definition) is 3. The predicted octanol–water partition coefficient (Wildman–Crippen LogP) is 9.35. The number of para-hydroxylation sites is 1. The fraction of sp³-hybridized carbons (Fsp3) is 0.544. The largest absolute Gasteiger partial charge is 0.493 e. The number of pyridine rings is 2. The highest BCUT2D eigenvalue weighted by Crippen LogP contribution is 2.55. The first-order chi connectivity index (χ1) is 44.7. The average molecular weight is 1280 g/mol. The number of rotatable bonds is 15. The molecule has 7 fully saturated rings. The molecule has 0 bridgehead atoms. The number of anilines is 5. The summed E-state index contributed by atoms with van der Waals surface area (Å²) < 4.78 is 74.0. The molecule has 1 amide bonds. The molecular formula is C68H83N11O12S. The number of aromatic amines is 1. The predicted molar refractivity (Wildman–Crippen MR) is 347 cm³/mol. The average Bonchev–Trinajstić information content (AvgIpc) is 0.851. The Morgan fingerprint density at radius 2 is 1.67 bits per heavy atom. The lowest BCUT2D eigenvalue weighted by molar-refractivity contribution is -0.384. The number of piperazine rings is 1. The number of H-pyrrole nitrogens is 1. The number of carbonyl (C=O) groups excluding carboxylic acids is 1. The maximum absolute atomic E-state index is 15.0. The molecule has 24 heteroatoms. The van der Waals surface area contributed by atoms with E-state index in [1.165, 1.54) is 17.2 Å². The Morgan fingerprint density at radius 1 is 0.859 bits per heavy atom. The number of aromatic nitrogens is 3. The second-order valence-electron chi connectivity index (χ2n) is 27.1. The molecular weight excluding hydrogens is 1190 g/mol. The zero-order valence-electron chi connectivity index (χ0n) is 52.8. The van der Waals surface area contributed by atoms with E-state index in [1.54, 1.807) is 13.2 Å². The van der Waals surface area contributed by atoms with Gasteiger partial charge in [0.05, 0.1) is 78.3 Å². The molecule has 2 aliphatic carbocycles. The number of carbonyl (C=O) groups is 1. The van der Waals surface area contributed by atoms with Gasteiger partial charge in [0.1, 0.15) is 29.8 Å². The number of piperidine rings is 1. The monoisotopic (exact) mass is 1280 g/mol. The molecule has 23 nitrogen and oxygen atoms in total. The van der Waals surface area contributed by atoms with Gasteiger partial charge in [-0.25, -0.2) is 18.1 Å². The van der Waals surface area contributed by atoms with Crippen molar-refractivity contribution in [2.24, 2.45) is 11.3 Å². The van der Waals surface area contributed by atoms with Crippen LogP contribution in [0, 0.1) is 21.4 Å². The first-order valence-electron chi connectivity index (χ1n) is 33.1. The molecule has 5 saturated heterocycles.